The molecule has 0 heterocycles. The lowest BCUT2D eigenvalue weighted by atomic mass is 10.3. The van der Waals surface area contributed by atoms with Crippen molar-refractivity contribution in [1.29, 1.82) is 5.26 Å². The minimum atomic E-state index is -3.82. The van der Waals surface area contributed by atoms with Gasteiger partial charge in [0.05, 0.1) is 18.2 Å². The fourth-order valence-corrected chi connectivity index (χ4v) is 2.86. The molecule has 1 aromatic carbocycles. The van der Waals surface area contributed by atoms with Crippen molar-refractivity contribution in [3.8, 4) is 6.07 Å². The van der Waals surface area contributed by atoms with Crippen molar-refractivity contribution >= 4 is 15.7 Å². The number of rotatable bonds is 4. The van der Waals surface area contributed by atoms with E-state index in [1.165, 1.54) is 7.05 Å². The maximum Gasteiger partial charge on any atom is 0.245 e. The first kappa shape index (κ1) is 14.4. The normalized spacial score (nSPS) is 13.3. The molecule has 1 unspecified atom stereocenters. The molecule has 1 rings (SSSR count). The summed E-state index contributed by atoms with van der Waals surface area (Å²) in [4.78, 5) is -0.156. The van der Waals surface area contributed by atoms with Gasteiger partial charge in [-0.3, -0.25) is 0 Å². The second kappa shape index (κ2) is 5.33. The largest absolute Gasteiger partial charge is 0.398 e. The molecule has 0 saturated heterocycles. The van der Waals surface area contributed by atoms with Crippen LogP contribution in [0.4, 0.5) is 10.1 Å². The Balaban J connectivity index is 3.18. The molecule has 0 aliphatic heterocycles. The molecule has 0 fully saturated rings. The Kier molecular flexibility index (Phi) is 4.27. The number of sulfonamides is 1. The average Bonchev–Trinajstić information content (AvgIpc) is 2.27. The second-order valence-electron chi connectivity index (χ2n) is 3.91. The summed E-state index contributed by atoms with van der Waals surface area (Å²) in [5.41, 5.74) is 5.36. The molecule has 18 heavy (non-hydrogen) atoms. The Bertz CT molecular complexity index is 580. The molecular weight excluding hydrogens is 257 g/mol. The molecule has 0 aliphatic carbocycles. The van der Waals surface area contributed by atoms with E-state index in [1.54, 1.807) is 6.92 Å². The van der Waals surface area contributed by atoms with E-state index < -0.39 is 21.9 Å². The van der Waals surface area contributed by atoms with Gasteiger partial charge in [-0.15, -0.1) is 0 Å². The van der Waals surface area contributed by atoms with E-state index in [0.29, 0.717) is 0 Å². The van der Waals surface area contributed by atoms with E-state index in [2.05, 4.69) is 0 Å². The van der Waals surface area contributed by atoms with Crippen LogP contribution in [0.5, 0.6) is 0 Å². The highest BCUT2D eigenvalue weighted by Gasteiger charge is 2.27. The van der Waals surface area contributed by atoms with Crippen LogP contribution >= 0.6 is 0 Å². The first-order valence-electron chi connectivity index (χ1n) is 5.20. The van der Waals surface area contributed by atoms with Crippen molar-refractivity contribution < 1.29 is 12.8 Å². The lowest BCUT2D eigenvalue weighted by molar-refractivity contribution is 0.393. The molecule has 0 spiro atoms. The summed E-state index contributed by atoms with van der Waals surface area (Å²) < 4.78 is 38.3. The zero-order chi connectivity index (χ0) is 13.9. The van der Waals surface area contributed by atoms with E-state index >= 15 is 0 Å². The van der Waals surface area contributed by atoms with Gasteiger partial charge in [0.1, 0.15) is 10.7 Å². The van der Waals surface area contributed by atoms with Crippen LogP contribution in [0.3, 0.4) is 0 Å². The molecule has 7 heteroatoms. The molecule has 0 aliphatic rings. The number of nitrogens with two attached hydrogens (primary N) is 1. The van der Waals surface area contributed by atoms with Crippen molar-refractivity contribution in [2.75, 3.05) is 12.8 Å². The summed E-state index contributed by atoms with van der Waals surface area (Å²) in [6.45, 7) is 1.61. The third kappa shape index (κ3) is 2.78. The van der Waals surface area contributed by atoms with Gasteiger partial charge >= 0.3 is 0 Å². The first-order valence-corrected chi connectivity index (χ1v) is 6.64. The Labute approximate surface area is 106 Å². The van der Waals surface area contributed by atoms with Gasteiger partial charge in [0.15, 0.2) is 0 Å². The number of benzene rings is 1. The molecule has 0 radical (unpaired) electrons. The van der Waals surface area contributed by atoms with Crippen LogP contribution in [-0.2, 0) is 10.0 Å². The number of nitrogens with zero attached hydrogens (tertiary/aromatic N) is 2. The van der Waals surface area contributed by atoms with Crippen LogP contribution < -0.4 is 5.73 Å². The average molecular weight is 271 g/mol. The molecule has 0 bridgehead atoms. The third-order valence-electron chi connectivity index (χ3n) is 2.64. The number of nitrogen functional groups attached to an aromatic ring is 1. The van der Waals surface area contributed by atoms with E-state index in [-0.39, 0.29) is 17.0 Å². The predicted octanol–water partition coefficient (Wildman–Crippen LogP) is 1.33. The van der Waals surface area contributed by atoms with Gasteiger partial charge < -0.3 is 5.73 Å². The number of anilines is 1. The van der Waals surface area contributed by atoms with Gasteiger partial charge in [-0.05, 0) is 25.1 Å². The quantitative estimate of drug-likeness (QED) is 0.837. The summed E-state index contributed by atoms with van der Waals surface area (Å²) in [6, 6.07) is 4.52. The van der Waals surface area contributed by atoms with Gasteiger partial charge in [0, 0.05) is 13.1 Å². The lowest BCUT2D eigenvalue weighted by Crippen LogP contribution is -2.35. The molecule has 5 nitrogen and oxygen atoms in total. The Morgan fingerprint density at radius 2 is 2.17 bits per heavy atom. The Hall–Kier alpha value is -1.65. The SMILES string of the molecule is CC(CC#N)N(C)S(=O)(=O)c1ccc(F)cc1N. The summed E-state index contributed by atoms with van der Waals surface area (Å²) in [6.07, 6.45) is 0.0663. The van der Waals surface area contributed by atoms with Gasteiger partial charge in [0.2, 0.25) is 10.0 Å². The number of hydrogen-bond donors (Lipinski definition) is 1. The monoisotopic (exact) mass is 271 g/mol. The second-order valence-corrected chi connectivity index (χ2v) is 5.88. The molecule has 0 aromatic heterocycles. The van der Waals surface area contributed by atoms with Crippen molar-refractivity contribution in [3.63, 3.8) is 0 Å². The molecule has 0 amide bonds. The van der Waals surface area contributed by atoms with Crippen molar-refractivity contribution in [3.05, 3.63) is 24.0 Å². The predicted molar refractivity (Wildman–Crippen MR) is 65.5 cm³/mol. The summed E-state index contributed by atoms with van der Waals surface area (Å²) in [5.74, 6) is -0.598. The van der Waals surface area contributed by atoms with E-state index in [4.69, 9.17) is 11.0 Å². The molecule has 0 saturated carbocycles. The Morgan fingerprint density at radius 1 is 1.56 bits per heavy atom. The maximum atomic E-state index is 12.9. The molecule has 1 atom stereocenters. The topological polar surface area (TPSA) is 87.2 Å². The van der Waals surface area contributed by atoms with Gasteiger partial charge in [-0.2, -0.15) is 9.57 Å². The van der Waals surface area contributed by atoms with Crippen molar-refractivity contribution in [2.45, 2.75) is 24.3 Å². The lowest BCUT2D eigenvalue weighted by Gasteiger charge is -2.23. The third-order valence-corrected chi connectivity index (χ3v) is 4.68. The highest BCUT2D eigenvalue weighted by atomic mass is 32.2. The molecule has 1 aromatic rings. The van der Waals surface area contributed by atoms with Crippen molar-refractivity contribution in [2.24, 2.45) is 0 Å². The van der Waals surface area contributed by atoms with Crippen LogP contribution in [0.2, 0.25) is 0 Å². The Morgan fingerprint density at radius 3 is 2.67 bits per heavy atom. The fourth-order valence-electron chi connectivity index (χ4n) is 1.41. The number of nitriles is 1. The first-order chi connectivity index (χ1) is 8.30. The van der Waals surface area contributed by atoms with E-state index in [0.717, 1.165) is 22.5 Å². The van der Waals surface area contributed by atoms with E-state index in [9.17, 15) is 12.8 Å². The maximum absolute atomic E-state index is 12.9. The highest BCUT2D eigenvalue weighted by Crippen LogP contribution is 2.24. The van der Waals surface area contributed by atoms with E-state index in [1.807, 2.05) is 6.07 Å². The standard InChI is InChI=1S/C11H14FN3O2S/c1-8(5-6-13)15(2)18(16,17)11-4-3-9(12)7-10(11)14/h3-4,7-8H,5,14H2,1-2H3. The number of halogens is 1. The smallest absolute Gasteiger partial charge is 0.245 e. The van der Waals surface area contributed by atoms with Gasteiger partial charge in [0.25, 0.3) is 0 Å². The zero-order valence-corrected chi connectivity index (χ0v) is 10.9. The molecule has 98 valence electrons. The van der Waals surface area contributed by atoms with Gasteiger partial charge in [-0.1, -0.05) is 0 Å². The van der Waals surface area contributed by atoms with Crippen LogP contribution in [0.15, 0.2) is 23.1 Å². The summed E-state index contributed by atoms with van der Waals surface area (Å²) >= 11 is 0. The van der Waals surface area contributed by atoms with Crippen LogP contribution in [0, 0.1) is 17.1 Å². The van der Waals surface area contributed by atoms with Crippen LogP contribution in [0.1, 0.15) is 13.3 Å². The minimum Gasteiger partial charge on any atom is -0.398 e. The fraction of sp³-hybridized carbons (Fsp3) is 0.364. The van der Waals surface area contributed by atoms with Crippen LogP contribution in [-0.4, -0.2) is 25.8 Å². The molecule has 2 N–H and O–H groups in total. The number of hydrogen-bond acceptors (Lipinski definition) is 4. The van der Waals surface area contributed by atoms with Crippen molar-refractivity contribution in [1.82, 2.24) is 4.31 Å². The minimum absolute atomic E-state index is 0.0663. The summed E-state index contributed by atoms with van der Waals surface area (Å²) in [7, 11) is -2.46. The highest BCUT2D eigenvalue weighted by molar-refractivity contribution is 7.89. The summed E-state index contributed by atoms with van der Waals surface area (Å²) in [5, 5.41) is 8.57. The zero-order valence-electron chi connectivity index (χ0n) is 10.1. The molecular formula is C11H14FN3O2S. The van der Waals surface area contributed by atoms with Crippen LogP contribution in [0.25, 0.3) is 0 Å². The van der Waals surface area contributed by atoms with Gasteiger partial charge in [-0.25, -0.2) is 12.8 Å².